The Morgan fingerprint density at radius 2 is 1.92 bits per heavy atom. The first-order valence-electron chi connectivity index (χ1n) is 2.78. The van der Waals surface area contributed by atoms with Gasteiger partial charge in [0, 0.05) is 4.47 Å². The zero-order valence-electron chi connectivity index (χ0n) is 5.90. The van der Waals surface area contributed by atoms with Gasteiger partial charge in [-0.2, -0.15) is 0 Å². The Bertz CT molecular complexity index is 366. The van der Waals surface area contributed by atoms with E-state index in [2.05, 4.69) is 15.9 Å². The van der Waals surface area contributed by atoms with Gasteiger partial charge in [0.15, 0.2) is 0 Å². The molecule has 0 aliphatic heterocycles. The first-order valence-corrected chi connectivity index (χ1v) is 5.12. The van der Waals surface area contributed by atoms with E-state index in [-0.39, 0.29) is 17.3 Å². The molecule has 1 rings (SSSR count). The van der Waals surface area contributed by atoms with E-state index in [1.165, 1.54) is 12.1 Å². The summed E-state index contributed by atoms with van der Waals surface area (Å²) >= 11 is 3.13. The highest BCUT2D eigenvalue weighted by Gasteiger charge is 2.05. The molecule has 0 amide bonds. The van der Waals surface area contributed by atoms with Crippen LogP contribution in [-0.2, 0) is 10.0 Å². The molecular weight excluding hydrogens is 265 g/mol. The molecule has 0 heterocycles. The lowest BCUT2D eigenvalue weighted by molar-refractivity contribution is 0.598. The number of primary sulfonamides is 1. The molecule has 2 N–H and O–H groups in total. The summed E-state index contributed by atoms with van der Waals surface area (Å²) in [5.41, 5.74) is 0. The minimum absolute atomic E-state index is 0. The number of nitrogens with two attached hydrogens (primary N) is 1. The first-order chi connectivity index (χ1) is 5.00. The molecular formula is C6H7BrClNO2S. The Kier molecular flexibility index (Phi) is 4.19. The van der Waals surface area contributed by atoms with E-state index in [1.54, 1.807) is 12.1 Å². The summed E-state index contributed by atoms with van der Waals surface area (Å²) in [5.74, 6) is 0. The Hall–Kier alpha value is -0.100. The summed E-state index contributed by atoms with van der Waals surface area (Å²) in [5, 5.41) is 4.88. The van der Waals surface area contributed by atoms with Crippen molar-refractivity contribution < 1.29 is 8.42 Å². The van der Waals surface area contributed by atoms with Crippen LogP contribution in [0.1, 0.15) is 0 Å². The van der Waals surface area contributed by atoms with Crippen LogP contribution < -0.4 is 5.14 Å². The third-order valence-corrected chi connectivity index (χ3v) is 2.53. The van der Waals surface area contributed by atoms with E-state index in [9.17, 15) is 8.42 Å². The second-order valence-corrected chi connectivity index (χ2v) is 4.48. The first kappa shape index (κ1) is 11.9. The third-order valence-electron chi connectivity index (χ3n) is 1.12. The van der Waals surface area contributed by atoms with Crippen LogP contribution in [0.25, 0.3) is 0 Å². The van der Waals surface area contributed by atoms with E-state index in [0.717, 1.165) is 0 Å². The van der Waals surface area contributed by atoms with Gasteiger partial charge in [0.2, 0.25) is 10.0 Å². The number of rotatable bonds is 1. The Morgan fingerprint density at radius 1 is 1.33 bits per heavy atom. The van der Waals surface area contributed by atoms with E-state index in [4.69, 9.17) is 5.14 Å². The van der Waals surface area contributed by atoms with Gasteiger partial charge in [-0.15, -0.1) is 12.4 Å². The highest BCUT2D eigenvalue weighted by Crippen LogP contribution is 2.14. The van der Waals surface area contributed by atoms with Crippen molar-refractivity contribution in [2.45, 2.75) is 4.90 Å². The van der Waals surface area contributed by atoms with Crippen molar-refractivity contribution in [1.82, 2.24) is 0 Å². The minimum Gasteiger partial charge on any atom is -0.225 e. The van der Waals surface area contributed by atoms with Crippen molar-refractivity contribution in [2.75, 3.05) is 0 Å². The number of hydrogen-bond acceptors (Lipinski definition) is 2. The summed E-state index contributed by atoms with van der Waals surface area (Å²) in [4.78, 5) is 0.117. The van der Waals surface area contributed by atoms with Gasteiger partial charge in [-0.3, -0.25) is 0 Å². The molecule has 0 atom stereocenters. The predicted octanol–water partition coefficient (Wildman–Crippen LogP) is 1.52. The van der Waals surface area contributed by atoms with Crippen molar-refractivity contribution in [3.05, 3.63) is 28.7 Å². The maximum atomic E-state index is 10.7. The van der Waals surface area contributed by atoms with Gasteiger partial charge in [0.05, 0.1) is 4.90 Å². The summed E-state index contributed by atoms with van der Waals surface area (Å²) in [6.45, 7) is 0. The minimum atomic E-state index is -3.56. The van der Waals surface area contributed by atoms with E-state index >= 15 is 0 Å². The standard InChI is InChI=1S/C6H6BrNO2S.ClH/c7-5-2-1-3-6(4-5)11(8,9)10;/h1-4H,(H2,8,9,10);1H. The molecule has 68 valence electrons. The molecule has 3 nitrogen and oxygen atoms in total. The third kappa shape index (κ3) is 3.10. The SMILES string of the molecule is Cl.NS(=O)(=O)c1cccc(Br)c1. The monoisotopic (exact) mass is 271 g/mol. The zero-order valence-corrected chi connectivity index (χ0v) is 9.12. The lowest BCUT2D eigenvalue weighted by atomic mass is 10.4. The van der Waals surface area contributed by atoms with Crippen LogP contribution in [0.4, 0.5) is 0 Å². The fourth-order valence-corrected chi connectivity index (χ4v) is 1.75. The van der Waals surface area contributed by atoms with Crippen LogP contribution in [-0.4, -0.2) is 8.42 Å². The van der Waals surface area contributed by atoms with Gasteiger partial charge in [-0.1, -0.05) is 22.0 Å². The molecule has 12 heavy (non-hydrogen) atoms. The topological polar surface area (TPSA) is 60.2 Å². The van der Waals surface area contributed by atoms with Gasteiger partial charge >= 0.3 is 0 Å². The summed E-state index contributed by atoms with van der Waals surface area (Å²) < 4.78 is 22.2. The van der Waals surface area contributed by atoms with Crippen molar-refractivity contribution in [2.24, 2.45) is 5.14 Å². The molecule has 0 saturated carbocycles. The Balaban J connectivity index is 0.00000121. The zero-order chi connectivity index (χ0) is 8.48. The molecule has 0 unspecified atom stereocenters. The molecule has 0 radical (unpaired) electrons. The molecule has 0 fully saturated rings. The van der Waals surface area contributed by atoms with Gasteiger partial charge in [-0.05, 0) is 18.2 Å². The normalized spacial score (nSPS) is 10.5. The van der Waals surface area contributed by atoms with Gasteiger partial charge in [0.1, 0.15) is 0 Å². The van der Waals surface area contributed by atoms with Crippen LogP contribution in [0.5, 0.6) is 0 Å². The molecule has 0 aromatic heterocycles. The molecule has 0 aliphatic carbocycles. The average molecular weight is 273 g/mol. The number of hydrogen-bond donors (Lipinski definition) is 1. The second kappa shape index (κ2) is 4.23. The van der Waals surface area contributed by atoms with Gasteiger partial charge in [-0.25, -0.2) is 13.6 Å². The quantitative estimate of drug-likeness (QED) is 0.842. The number of sulfonamides is 1. The molecule has 6 heteroatoms. The van der Waals surface area contributed by atoms with Gasteiger partial charge in [0.25, 0.3) is 0 Å². The fraction of sp³-hybridized carbons (Fsp3) is 0. The number of halogens is 2. The molecule has 1 aromatic rings. The maximum absolute atomic E-state index is 10.7. The predicted molar refractivity (Wildman–Crippen MR) is 52.8 cm³/mol. The second-order valence-electron chi connectivity index (χ2n) is 2.00. The van der Waals surface area contributed by atoms with E-state index in [0.29, 0.717) is 4.47 Å². The van der Waals surface area contributed by atoms with Crippen molar-refractivity contribution in [1.29, 1.82) is 0 Å². The van der Waals surface area contributed by atoms with Crippen LogP contribution in [0.15, 0.2) is 33.6 Å². The molecule has 0 bridgehead atoms. The van der Waals surface area contributed by atoms with Crippen molar-refractivity contribution in [3.8, 4) is 0 Å². The average Bonchev–Trinajstić information content (AvgIpc) is 1.86. The molecule has 0 spiro atoms. The molecule has 1 aromatic carbocycles. The van der Waals surface area contributed by atoms with Crippen molar-refractivity contribution >= 4 is 38.4 Å². The highest BCUT2D eigenvalue weighted by atomic mass is 79.9. The van der Waals surface area contributed by atoms with Crippen molar-refractivity contribution in [3.63, 3.8) is 0 Å². The highest BCUT2D eigenvalue weighted by molar-refractivity contribution is 9.10. The van der Waals surface area contributed by atoms with Crippen LogP contribution in [0.2, 0.25) is 0 Å². The number of benzene rings is 1. The lowest BCUT2D eigenvalue weighted by Gasteiger charge is -1.96. The summed E-state index contributed by atoms with van der Waals surface area (Å²) in [7, 11) is -3.56. The van der Waals surface area contributed by atoms with Crippen LogP contribution in [0, 0.1) is 0 Å². The largest absolute Gasteiger partial charge is 0.238 e. The molecule has 0 aliphatic rings. The van der Waals surface area contributed by atoms with Crippen LogP contribution >= 0.6 is 28.3 Å². The molecule has 0 saturated heterocycles. The maximum Gasteiger partial charge on any atom is 0.238 e. The fourth-order valence-electron chi connectivity index (χ4n) is 0.644. The summed E-state index contributed by atoms with van der Waals surface area (Å²) in [6.07, 6.45) is 0. The van der Waals surface area contributed by atoms with Gasteiger partial charge < -0.3 is 0 Å². The smallest absolute Gasteiger partial charge is 0.225 e. The summed E-state index contributed by atoms with van der Waals surface area (Å²) in [6, 6.07) is 6.24. The van der Waals surface area contributed by atoms with E-state index < -0.39 is 10.0 Å². The van der Waals surface area contributed by atoms with E-state index in [1.807, 2.05) is 0 Å². The Labute approximate surface area is 85.6 Å². The Morgan fingerprint density at radius 3 is 2.25 bits per heavy atom. The van der Waals surface area contributed by atoms with Crippen LogP contribution in [0.3, 0.4) is 0 Å². The lowest BCUT2D eigenvalue weighted by Crippen LogP contribution is -2.11.